The smallest absolute Gasteiger partial charge is 0.374 e. The second-order valence-electron chi connectivity index (χ2n) is 4.31. The predicted octanol–water partition coefficient (Wildman–Crippen LogP) is 3.55. The van der Waals surface area contributed by atoms with Crippen molar-refractivity contribution in [2.24, 2.45) is 0 Å². The van der Waals surface area contributed by atoms with E-state index < -0.39 is 5.97 Å². The summed E-state index contributed by atoms with van der Waals surface area (Å²) in [5.41, 5.74) is 2.67. The summed E-state index contributed by atoms with van der Waals surface area (Å²) in [6.45, 7) is 4.32. The van der Waals surface area contributed by atoms with Gasteiger partial charge < -0.3 is 9.63 Å². The molecule has 94 valence electrons. The average molecular weight is 245 g/mol. The van der Waals surface area contributed by atoms with Crippen LogP contribution in [0.3, 0.4) is 0 Å². The Hall–Kier alpha value is -2.10. The number of hydrogen-bond donors (Lipinski definition) is 1. The number of carbonyl (C=O) groups is 1. The standard InChI is InChI=1S/C14H15NO3/c1-3-9(2)10-4-6-11(7-5-10)12-8-13(14(16)17)18-15-12/h4-9H,3H2,1-2H3,(H,16,17). The van der Waals surface area contributed by atoms with Crippen LogP contribution in [0.2, 0.25) is 0 Å². The number of benzene rings is 1. The zero-order valence-corrected chi connectivity index (χ0v) is 10.4. The van der Waals surface area contributed by atoms with Crippen molar-refractivity contribution in [2.45, 2.75) is 26.2 Å². The first kappa shape index (κ1) is 12.4. The highest BCUT2D eigenvalue weighted by molar-refractivity contribution is 5.85. The van der Waals surface area contributed by atoms with Crippen LogP contribution in [0, 0.1) is 0 Å². The maximum absolute atomic E-state index is 10.7. The van der Waals surface area contributed by atoms with E-state index in [4.69, 9.17) is 9.63 Å². The maximum Gasteiger partial charge on any atom is 0.374 e. The lowest BCUT2D eigenvalue weighted by Crippen LogP contribution is -1.92. The zero-order chi connectivity index (χ0) is 13.1. The van der Waals surface area contributed by atoms with Gasteiger partial charge in [0, 0.05) is 11.6 Å². The zero-order valence-electron chi connectivity index (χ0n) is 10.4. The molecule has 0 radical (unpaired) electrons. The molecule has 0 fully saturated rings. The molecule has 18 heavy (non-hydrogen) atoms. The molecule has 2 rings (SSSR count). The van der Waals surface area contributed by atoms with Gasteiger partial charge in [-0.1, -0.05) is 43.3 Å². The number of rotatable bonds is 4. The molecular weight excluding hydrogens is 230 g/mol. The molecule has 2 aromatic rings. The molecule has 0 aliphatic carbocycles. The van der Waals surface area contributed by atoms with E-state index in [1.165, 1.54) is 11.6 Å². The summed E-state index contributed by atoms with van der Waals surface area (Å²) in [6, 6.07) is 9.38. The fraction of sp³-hybridized carbons (Fsp3) is 0.286. The normalized spacial score (nSPS) is 12.3. The van der Waals surface area contributed by atoms with Crippen LogP contribution in [0.15, 0.2) is 34.9 Å². The molecule has 1 heterocycles. The highest BCUT2D eigenvalue weighted by atomic mass is 16.5. The van der Waals surface area contributed by atoms with Gasteiger partial charge >= 0.3 is 5.97 Å². The number of carboxylic acid groups (broad SMARTS) is 1. The molecule has 0 aliphatic heterocycles. The molecule has 1 atom stereocenters. The van der Waals surface area contributed by atoms with Crippen molar-refractivity contribution in [1.82, 2.24) is 5.16 Å². The molecule has 1 aromatic carbocycles. The van der Waals surface area contributed by atoms with Gasteiger partial charge in [-0.3, -0.25) is 0 Å². The van der Waals surface area contributed by atoms with E-state index in [0.29, 0.717) is 11.6 Å². The van der Waals surface area contributed by atoms with Gasteiger partial charge in [-0.05, 0) is 17.9 Å². The summed E-state index contributed by atoms with van der Waals surface area (Å²) in [5.74, 6) is -0.730. The van der Waals surface area contributed by atoms with Crippen LogP contribution in [0.1, 0.15) is 42.3 Å². The molecule has 0 amide bonds. The van der Waals surface area contributed by atoms with Crippen LogP contribution in [0.25, 0.3) is 11.3 Å². The van der Waals surface area contributed by atoms with Crippen molar-refractivity contribution < 1.29 is 14.4 Å². The van der Waals surface area contributed by atoms with Gasteiger partial charge in [0.1, 0.15) is 5.69 Å². The predicted molar refractivity (Wildman–Crippen MR) is 67.6 cm³/mol. The third kappa shape index (κ3) is 2.42. The minimum atomic E-state index is -1.11. The van der Waals surface area contributed by atoms with Crippen molar-refractivity contribution in [3.8, 4) is 11.3 Å². The third-order valence-electron chi connectivity index (χ3n) is 3.11. The summed E-state index contributed by atoms with van der Waals surface area (Å²) < 4.78 is 4.73. The van der Waals surface area contributed by atoms with Gasteiger partial charge in [0.25, 0.3) is 0 Å². The molecule has 1 aromatic heterocycles. The second-order valence-corrected chi connectivity index (χ2v) is 4.31. The van der Waals surface area contributed by atoms with Crippen LogP contribution in [0.4, 0.5) is 0 Å². The molecule has 0 spiro atoms. The molecule has 4 heteroatoms. The Labute approximate surface area is 105 Å². The first-order valence-electron chi connectivity index (χ1n) is 5.92. The highest BCUT2D eigenvalue weighted by Gasteiger charge is 2.12. The molecule has 0 aliphatic rings. The van der Waals surface area contributed by atoms with Crippen LogP contribution >= 0.6 is 0 Å². The van der Waals surface area contributed by atoms with Gasteiger partial charge in [0.05, 0.1) is 0 Å². The summed E-state index contributed by atoms with van der Waals surface area (Å²) in [5, 5.41) is 12.5. The molecule has 0 saturated carbocycles. The van der Waals surface area contributed by atoms with Crippen molar-refractivity contribution in [3.05, 3.63) is 41.7 Å². The van der Waals surface area contributed by atoms with Gasteiger partial charge in [0.15, 0.2) is 0 Å². The van der Waals surface area contributed by atoms with Crippen LogP contribution in [0.5, 0.6) is 0 Å². The molecule has 1 N–H and O–H groups in total. The van der Waals surface area contributed by atoms with E-state index in [0.717, 1.165) is 12.0 Å². The lowest BCUT2D eigenvalue weighted by molar-refractivity contribution is 0.0652. The van der Waals surface area contributed by atoms with Crippen LogP contribution in [-0.4, -0.2) is 16.2 Å². The van der Waals surface area contributed by atoms with E-state index in [2.05, 4.69) is 19.0 Å². The number of aromatic carboxylic acids is 1. The largest absolute Gasteiger partial charge is 0.475 e. The summed E-state index contributed by atoms with van der Waals surface area (Å²) in [7, 11) is 0. The Morgan fingerprint density at radius 1 is 1.39 bits per heavy atom. The first-order valence-corrected chi connectivity index (χ1v) is 5.92. The summed E-state index contributed by atoms with van der Waals surface area (Å²) in [6.07, 6.45) is 1.09. The van der Waals surface area contributed by atoms with Crippen LogP contribution in [-0.2, 0) is 0 Å². The van der Waals surface area contributed by atoms with Crippen molar-refractivity contribution in [2.75, 3.05) is 0 Å². The number of carboxylic acids is 1. The van der Waals surface area contributed by atoms with Gasteiger partial charge in [-0.15, -0.1) is 0 Å². The lowest BCUT2D eigenvalue weighted by Gasteiger charge is -2.08. The Bertz CT molecular complexity index is 542. The van der Waals surface area contributed by atoms with Crippen molar-refractivity contribution in [1.29, 1.82) is 0 Å². The summed E-state index contributed by atoms with van der Waals surface area (Å²) >= 11 is 0. The molecular formula is C14H15NO3. The number of hydrogen-bond acceptors (Lipinski definition) is 3. The minimum absolute atomic E-state index is 0.143. The molecule has 0 bridgehead atoms. The minimum Gasteiger partial charge on any atom is -0.475 e. The van der Waals surface area contributed by atoms with Gasteiger partial charge in [-0.2, -0.15) is 0 Å². The number of nitrogens with zero attached hydrogens (tertiary/aromatic N) is 1. The third-order valence-corrected chi connectivity index (χ3v) is 3.11. The number of aromatic nitrogens is 1. The maximum atomic E-state index is 10.7. The van der Waals surface area contributed by atoms with Gasteiger partial charge in [-0.25, -0.2) is 4.79 Å². The average Bonchev–Trinajstić information content (AvgIpc) is 2.88. The van der Waals surface area contributed by atoms with E-state index in [1.54, 1.807) is 0 Å². The fourth-order valence-electron chi connectivity index (χ4n) is 1.73. The lowest BCUT2D eigenvalue weighted by atomic mass is 9.97. The van der Waals surface area contributed by atoms with Crippen molar-refractivity contribution >= 4 is 5.97 Å². The monoisotopic (exact) mass is 245 g/mol. The fourth-order valence-corrected chi connectivity index (χ4v) is 1.73. The Morgan fingerprint density at radius 3 is 2.56 bits per heavy atom. The van der Waals surface area contributed by atoms with Crippen molar-refractivity contribution in [3.63, 3.8) is 0 Å². The molecule has 0 saturated heterocycles. The molecule has 4 nitrogen and oxygen atoms in total. The van der Waals surface area contributed by atoms with E-state index in [1.807, 2.05) is 24.3 Å². The van der Waals surface area contributed by atoms with Crippen LogP contribution < -0.4 is 0 Å². The molecule has 1 unspecified atom stereocenters. The highest BCUT2D eigenvalue weighted by Crippen LogP contribution is 2.24. The van der Waals surface area contributed by atoms with E-state index in [-0.39, 0.29) is 5.76 Å². The summed E-state index contributed by atoms with van der Waals surface area (Å²) in [4.78, 5) is 10.7. The first-order chi connectivity index (χ1) is 8.61. The van der Waals surface area contributed by atoms with E-state index in [9.17, 15) is 4.79 Å². The Morgan fingerprint density at radius 2 is 2.06 bits per heavy atom. The quantitative estimate of drug-likeness (QED) is 0.894. The van der Waals surface area contributed by atoms with Gasteiger partial charge in [0.2, 0.25) is 5.76 Å². The topological polar surface area (TPSA) is 63.3 Å². The van der Waals surface area contributed by atoms with E-state index >= 15 is 0 Å². The Balaban J connectivity index is 2.25. The SMILES string of the molecule is CCC(C)c1ccc(-c2cc(C(=O)O)on2)cc1. The second kappa shape index (κ2) is 5.04. The Kier molecular flexibility index (Phi) is 3.46.